The minimum absolute atomic E-state index is 0.00633. The van der Waals surface area contributed by atoms with Crippen LogP contribution in [0.4, 0.5) is 0 Å². The maximum Gasteiger partial charge on any atom is 0.118 e. The van der Waals surface area contributed by atoms with Gasteiger partial charge in [-0.05, 0) is 53.5 Å². The zero-order chi connectivity index (χ0) is 20.3. The van der Waals surface area contributed by atoms with Gasteiger partial charge in [-0.1, -0.05) is 75.4 Å². The fourth-order valence-electron chi connectivity index (χ4n) is 3.68. The summed E-state index contributed by atoms with van der Waals surface area (Å²) in [5.41, 5.74) is 2.32. The van der Waals surface area contributed by atoms with E-state index in [1.807, 2.05) is 12.1 Å². The quantitative estimate of drug-likeness (QED) is 0.588. The summed E-state index contributed by atoms with van der Waals surface area (Å²) in [6, 6.07) is 7.57. The lowest BCUT2D eigenvalue weighted by atomic mass is 9.78. The lowest BCUT2D eigenvalue weighted by molar-refractivity contribution is 0.259. The highest BCUT2D eigenvalue weighted by Crippen LogP contribution is 2.33. The fraction of sp³-hybridized carbons (Fsp3) is 0.478. The molecule has 2 aromatic carbocycles. The first-order valence-corrected chi connectivity index (χ1v) is 9.19. The van der Waals surface area contributed by atoms with Crippen LogP contribution >= 0.6 is 0 Å². The van der Waals surface area contributed by atoms with Gasteiger partial charge in [0, 0.05) is 0 Å². The molecule has 0 radical (unpaired) electrons. The summed E-state index contributed by atoms with van der Waals surface area (Å²) in [7, 11) is 1.37. The highest BCUT2D eigenvalue weighted by molar-refractivity contribution is 5.64. The molecule has 1 aliphatic carbocycles. The van der Waals surface area contributed by atoms with Gasteiger partial charge in [0.25, 0.3) is 0 Å². The van der Waals surface area contributed by atoms with Crippen molar-refractivity contribution in [3.05, 3.63) is 54.0 Å². The Balaban J connectivity index is 1.71. The molecule has 0 bridgehead atoms. The van der Waals surface area contributed by atoms with Crippen molar-refractivity contribution in [2.24, 2.45) is 11.8 Å². The molecule has 24 heavy (non-hydrogen) atoms. The van der Waals surface area contributed by atoms with Crippen molar-refractivity contribution < 1.29 is 10.2 Å². The van der Waals surface area contributed by atoms with Crippen molar-refractivity contribution in [2.75, 3.05) is 7.11 Å². The van der Waals surface area contributed by atoms with Gasteiger partial charge in [0.1, 0.15) is 5.75 Å². The van der Waals surface area contributed by atoms with Gasteiger partial charge in [-0.3, -0.25) is 0 Å². The second kappa shape index (κ2) is 8.37. The number of hydrogen-bond donors (Lipinski definition) is 0. The number of aryl methyl sites for hydroxylation is 1. The van der Waals surface area contributed by atoms with Gasteiger partial charge < -0.3 is 4.74 Å². The molecule has 0 atom stereocenters. The molecule has 2 aromatic rings. The Morgan fingerprint density at radius 2 is 1.54 bits per heavy atom. The van der Waals surface area contributed by atoms with E-state index in [0.717, 1.165) is 18.3 Å². The van der Waals surface area contributed by atoms with Crippen molar-refractivity contribution in [3.63, 3.8) is 0 Å². The molecular weight excluding hydrogens is 292 g/mol. The van der Waals surface area contributed by atoms with E-state index < -0.39 is 0 Å². The van der Waals surface area contributed by atoms with Crippen molar-refractivity contribution in [1.29, 1.82) is 0 Å². The molecule has 0 heterocycles. The van der Waals surface area contributed by atoms with Gasteiger partial charge in [0.2, 0.25) is 0 Å². The zero-order valence-corrected chi connectivity index (χ0v) is 14.8. The molecule has 0 unspecified atom stereocenters. The van der Waals surface area contributed by atoms with Gasteiger partial charge in [0.15, 0.2) is 0 Å². The van der Waals surface area contributed by atoms with Crippen LogP contribution in [0.15, 0.2) is 48.4 Å². The molecule has 0 spiro atoms. The third-order valence-electron chi connectivity index (χ3n) is 5.43. The molecule has 0 aliphatic heterocycles. The van der Waals surface area contributed by atoms with Crippen LogP contribution in [0.2, 0.25) is 0 Å². The number of methoxy groups -OCH3 is 1. The van der Waals surface area contributed by atoms with Gasteiger partial charge in [-0.2, -0.15) is 0 Å². The molecule has 0 N–H and O–H groups in total. The Labute approximate surface area is 152 Å². The topological polar surface area (TPSA) is 9.23 Å². The van der Waals surface area contributed by atoms with E-state index in [1.165, 1.54) is 51.2 Å². The highest BCUT2D eigenvalue weighted by Gasteiger charge is 2.19. The summed E-state index contributed by atoms with van der Waals surface area (Å²) < 4.78 is 37.6. The number of benzene rings is 2. The molecular formula is C23H30O. The molecule has 0 aromatic heterocycles. The number of ether oxygens (including phenoxy) is 1. The molecule has 1 nitrogen and oxygen atoms in total. The summed E-state index contributed by atoms with van der Waals surface area (Å²) >= 11 is 0. The van der Waals surface area contributed by atoms with Crippen LogP contribution in [-0.2, 0) is 6.42 Å². The summed E-state index contributed by atoms with van der Waals surface area (Å²) in [5, 5.41) is 0. The molecule has 1 heteroatoms. The third kappa shape index (κ3) is 4.41. The van der Waals surface area contributed by atoms with E-state index in [9.17, 15) is 0 Å². The molecule has 0 saturated heterocycles. The van der Waals surface area contributed by atoms with E-state index in [1.54, 1.807) is 0 Å². The van der Waals surface area contributed by atoms with Gasteiger partial charge in [-0.25, -0.2) is 0 Å². The second-order valence-corrected chi connectivity index (χ2v) is 6.94. The molecule has 1 fully saturated rings. The summed E-state index contributed by atoms with van der Waals surface area (Å²) in [5.74, 6) is 1.76. The van der Waals surface area contributed by atoms with Crippen LogP contribution in [0.3, 0.4) is 0 Å². The van der Waals surface area contributed by atoms with Crippen molar-refractivity contribution >= 4 is 0 Å². The first kappa shape index (κ1) is 12.6. The lowest BCUT2D eigenvalue weighted by Gasteiger charge is -2.27. The van der Waals surface area contributed by atoms with Crippen LogP contribution in [0.25, 0.3) is 11.1 Å². The molecule has 128 valence electrons. The van der Waals surface area contributed by atoms with Crippen molar-refractivity contribution in [2.45, 2.75) is 51.9 Å². The first-order chi connectivity index (χ1) is 13.5. The Morgan fingerprint density at radius 3 is 2.12 bits per heavy atom. The fourth-order valence-corrected chi connectivity index (χ4v) is 3.68. The smallest absolute Gasteiger partial charge is 0.118 e. The van der Waals surface area contributed by atoms with Crippen LogP contribution in [0.5, 0.6) is 5.75 Å². The van der Waals surface area contributed by atoms with Crippen molar-refractivity contribution in [3.8, 4) is 16.9 Å². The number of hydrogen-bond acceptors (Lipinski definition) is 1. The minimum Gasteiger partial charge on any atom is -0.497 e. The largest absolute Gasteiger partial charge is 0.497 e. The van der Waals surface area contributed by atoms with Gasteiger partial charge >= 0.3 is 0 Å². The van der Waals surface area contributed by atoms with E-state index in [-0.39, 0.29) is 29.9 Å². The maximum absolute atomic E-state index is 8.24. The Kier molecular flexibility index (Phi) is 4.39. The first-order valence-electron chi connectivity index (χ1n) is 11.2. The summed E-state index contributed by atoms with van der Waals surface area (Å²) in [4.78, 5) is 0. The molecule has 1 aliphatic rings. The molecule has 3 rings (SSSR count). The number of rotatable bonds is 6. The Bertz CT molecular complexity index is 779. The standard InChI is InChI=1S/C23H30O/c1-3-18-4-6-19(7-5-18)8-9-20-10-12-21(13-11-20)22-14-16-23(24-2)17-15-22/h10-19H,3-9H2,1-2H3/i14D,15D,16D,17D. The van der Waals surface area contributed by atoms with Crippen molar-refractivity contribution in [1.82, 2.24) is 0 Å². The van der Waals surface area contributed by atoms with Gasteiger partial charge in [-0.15, -0.1) is 0 Å². The SMILES string of the molecule is [2H]c1c([2H])c(-c2ccc(CCC3CCC(CC)CC3)cc2)c([2H])c([2H])c1OC. The van der Waals surface area contributed by atoms with E-state index in [4.69, 9.17) is 10.2 Å². The van der Waals surface area contributed by atoms with Gasteiger partial charge in [0.05, 0.1) is 12.6 Å². The van der Waals surface area contributed by atoms with Crippen LogP contribution in [-0.4, -0.2) is 7.11 Å². The predicted molar refractivity (Wildman–Crippen MR) is 102 cm³/mol. The van der Waals surface area contributed by atoms with E-state index in [2.05, 4.69) is 19.1 Å². The monoisotopic (exact) mass is 326 g/mol. The summed E-state index contributed by atoms with van der Waals surface area (Å²) in [6.45, 7) is 2.30. The van der Waals surface area contributed by atoms with E-state index >= 15 is 0 Å². The predicted octanol–water partition coefficient (Wildman–Crippen LogP) is 6.51. The Hall–Kier alpha value is -1.76. The molecule has 0 amide bonds. The van der Waals surface area contributed by atoms with Crippen LogP contribution < -0.4 is 4.74 Å². The average molecular weight is 327 g/mol. The van der Waals surface area contributed by atoms with E-state index in [0.29, 0.717) is 11.1 Å². The second-order valence-electron chi connectivity index (χ2n) is 6.94. The maximum atomic E-state index is 8.24. The Morgan fingerprint density at radius 1 is 0.917 bits per heavy atom. The minimum atomic E-state index is -0.134. The third-order valence-corrected chi connectivity index (χ3v) is 5.43. The average Bonchev–Trinajstić information content (AvgIpc) is 2.73. The van der Waals surface area contributed by atoms with Crippen LogP contribution in [0.1, 0.15) is 56.5 Å². The zero-order valence-electron chi connectivity index (χ0n) is 18.8. The normalized spacial score (nSPS) is 23.1. The summed E-state index contributed by atoms with van der Waals surface area (Å²) in [6.07, 6.45) is 9.05. The van der Waals surface area contributed by atoms with Crippen LogP contribution in [0, 0.1) is 11.8 Å². The lowest BCUT2D eigenvalue weighted by Crippen LogP contribution is -2.14. The molecule has 1 saturated carbocycles. The highest BCUT2D eigenvalue weighted by atomic mass is 16.5.